The first kappa shape index (κ1) is 15.5. The van der Waals surface area contributed by atoms with Gasteiger partial charge in [0.15, 0.2) is 0 Å². The normalized spacial score (nSPS) is 17.6. The van der Waals surface area contributed by atoms with Crippen molar-refractivity contribution in [2.75, 3.05) is 20.1 Å². The van der Waals surface area contributed by atoms with Gasteiger partial charge in [-0.2, -0.15) is 0 Å². The van der Waals surface area contributed by atoms with Gasteiger partial charge in [-0.3, -0.25) is 19.3 Å². The van der Waals surface area contributed by atoms with E-state index in [1.54, 1.807) is 7.05 Å². The van der Waals surface area contributed by atoms with Crippen molar-refractivity contribution in [3.63, 3.8) is 0 Å². The number of rotatable bonds is 1. The number of hydrogen-bond acceptors (Lipinski definition) is 6. The zero-order valence-corrected chi connectivity index (χ0v) is 12.5. The molecule has 1 aliphatic rings. The van der Waals surface area contributed by atoms with E-state index in [0.29, 0.717) is 0 Å². The van der Waals surface area contributed by atoms with Crippen LogP contribution in [-0.4, -0.2) is 57.9 Å². The highest BCUT2D eigenvalue weighted by Gasteiger charge is 2.38. The Morgan fingerprint density at radius 2 is 1.68 bits per heavy atom. The molecule has 1 aliphatic heterocycles. The van der Waals surface area contributed by atoms with E-state index < -0.39 is 32.8 Å². The predicted octanol–water partition coefficient (Wildman–Crippen LogP) is -0.505. The smallest absolute Gasteiger partial charge is 0.492 e. The van der Waals surface area contributed by atoms with Gasteiger partial charge < -0.3 is 9.31 Å². The third kappa shape index (κ3) is 5.72. The summed E-state index contributed by atoms with van der Waals surface area (Å²) in [4.78, 5) is 36.1. The monoisotopic (exact) mass is 281 g/mol. The maximum atomic E-state index is 11.8. The van der Waals surface area contributed by atoms with Crippen molar-refractivity contribution in [3.05, 3.63) is 0 Å². The molecular formula is C11H16BNO5Si. The molecule has 0 N–H and O–H groups in total. The molecule has 0 aromatic heterocycles. The van der Waals surface area contributed by atoms with Crippen molar-refractivity contribution in [2.24, 2.45) is 0 Å². The van der Waals surface area contributed by atoms with Crippen molar-refractivity contribution in [1.29, 1.82) is 0 Å². The fraction of sp³-hybridized carbons (Fsp3) is 0.545. The Balaban J connectivity index is 2.79. The highest BCUT2D eigenvalue weighted by molar-refractivity contribution is 6.88. The van der Waals surface area contributed by atoms with Crippen molar-refractivity contribution in [1.82, 2.24) is 4.90 Å². The number of nitrogens with zero attached hydrogens (tertiary/aromatic N) is 1. The molecule has 0 atom stereocenters. The lowest BCUT2D eigenvalue weighted by atomic mass is 9.83. The van der Waals surface area contributed by atoms with Crippen LogP contribution in [0, 0.1) is 11.5 Å². The van der Waals surface area contributed by atoms with Gasteiger partial charge in [0.05, 0.1) is 13.1 Å². The van der Waals surface area contributed by atoms with Gasteiger partial charge in [-0.1, -0.05) is 19.6 Å². The van der Waals surface area contributed by atoms with Crippen molar-refractivity contribution in [3.8, 4) is 11.5 Å². The average molecular weight is 281 g/mol. The molecule has 1 heterocycles. The maximum absolute atomic E-state index is 11.8. The van der Waals surface area contributed by atoms with E-state index in [2.05, 4.69) is 11.5 Å². The second kappa shape index (κ2) is 6.04. The standard InChI is InChI=1S/C11H16BNO5Si/c1-13-7-10(15)17-12(18-11(16)8-13)9(14)5-6-19(2,3)4/h7-8H2,1-4H3. The molecule has 0 aromatic carbocycles. The summed E-state index contributed by atoms with van der Waals surface area (Å²) >= 11 is 0. The molecule has 0 unspecified atom stereocenters. The van der Waals surface area contributed by atoms with Crippen LogP contribution < -0.4 is 0 Å². The Morgan fingerprint density at radius 1 is 1.21 bits per heavy atom. The molecule has 8 heteroatoms. The molecule has 0 aromatic rings. The molecule has 1 fully saturated rings. The van der Waals surface area contributed by atoms with Crippen molar-refractivity contribution in [2.45, 2.75) is 19.6 Å². The first-order chi connectivity index (χ1) is 8.67. The van der Waals surface area contributed by atoms with Crippen LogP contribution in [-0.2, 0) is 23.7 Å². The van der Waals surface area contributed by atoms with Crippen LogP contribution in [0.15, 0.2) is 0 Å². The van der Waals surface area contributed by atoms with E-state index in [1.807, 2.05) is 19.6 Å². The third-order valence-corrected chi connectivity index (χ3v) is 2.92. The molecule has 0 spiro atoms. The average Bonchev–Trinajstić information content (AvgIpc) is 2.21. The number of likely N-dealkylation sites (N-methyl/N-ethyl adjacent to an activating group) is 1. The molecule has 0 amide bonds. The number of carbonyl (C=O) groups excluding carboxylic acids is 3. The van der Waals surface area contributed by atoms with Gasteiger partial charge in [0.25, 0.3) is 5.68 Å². The molecule has 0 saturated carbocycles. The zero-order chi connectivity index (χ0) is 14.6. The molecule has 6 nitrogen and oxygen atoms in total. The second-order valence-electron chi connectivity index (χ2n) is 5.35. The topological polar surface area (TPSA) is 72.9 Å². The van der Waals surface area contributed by atoms with E-state index >= 15 is 0 Å². The molecule has 0 aliphatic carbocycles. The summed E-state index contributed by atoms with van der Waals surface area (Å²) < 4.78 is 9.60. The van der Waals surface area contributed by atoms with Crippen LogP contribution in [0.2, 0.25) is 19.6 Å². The highest BCUT2D eigenvalue weighted by atomic mass is 28.3. The fourth-order valence-corrected chi connectivity index (χ4v) is 1.75. The predicted molar refractivity (Wildman–Crippen MR) is 71.6 cm³/mol. The minimum atomic E-state index is -1.72. The van der Waals surface area contributed by atoms with Crippen LogP contribution >= 0.6 is 0 Å². The van der Waals surface area contributed by atoms with E-state index in [9.17, 15) is 14.4 Å². The Hall–Kier alpha value is -1.59. The van der Waals surface area contributed by atoms with Gasteiger partial charge in [-0.25, -0.2) is 0 Å². The molecule has 19 heavy (non-hydrogen) atoms. The molecule has 1 rings (SSSR count). The van der Waals surface area contributed by atoms with Crippen LogP contribution in [0.3, 0.4) is 0 Å². The minimum absolute atomic E-state index is 0.0691. The third-order valence-electron chi connectivity index (χ3n) is 2.05. The molecule has 102 valence electrons. The van der Waals surface area contributed by atoms with Crippen LogP contribution in [0.4, 0.5) is 0 Å². The quantitative estimate of drug-likeness (QED) is 0.476. The van der Waals surface area contributed by atoms with Gasteiger partial charge in [0, 0.05) is 0 Å². The maximum Gasteiger partial charge on any atom is 0.689 e. The Labute approximate surface area is 113 Å². The summed E-state index contributed by atoms with van der Waals surface area (Å²) in [5, 5.41) is 0. The largest absolute Gasteiger partial charge is 0.689 e. The van der Waals surface area contributed by atoms with E-state index in [4.69, 9.17) is 9.31 Å². The highest BCUT2D eigenvalue weighted by Crippen LogP contribution is 2.02. The van der Waals surface area contributed by atoms with Crippen LogP contribution in [0.25, 0.3) is 0 Å². The zero-order valence-electron chi connectivity index (χ0n) is 11.5. The van der Waals surface area contributed by atoms with Gasteiger partial charge >= 0.3 is 19.1 Å². The Bertz CT molecular complexity index is 442. The van der Waals surface area contributed by atoms with Crippen LogP contribution in [0.1, 0.15) is 0 Å². The van der Waals surface area contributed by atoms with Gasteiger partial charge in [-0.15, -0.1) is 5.54 Å². The first-order valence-corrected chi connectivity index (χ1v) is 9.32. The lowest BCUT2D eigenvalue weighted by Crippen LogP contribution is -2.45. The summed E-state index contributed by atoms with van der Waals surface area (Å²) in [5.74, 6) is 1.15. The molecule has 0 bridgehead atoms. The summed E-state index contributed by atoms with van der Waals surface area (Å²) in [5.41, 5.74) is 2.14. The van der Waals surface area contributed by atoms with Crippen LogP contribution in [0.5, 0.6) is 0 Å². The van der Waals surface area contributed by atoms with E-state index in [1.165, 1.54) is 4.90 Å². The lowest BCUT2D eigenvalue weighted by molar-refractivity contribution is -0.147. The first-order valence-electron chi connectivity index (χ1n) is 5.82. The molecular weight excluding hydrogens is 265 g/mol. The summed E-state index contributed by atoms with van der Waals surface area (Å²) in [6.07, 6.45) is 0. The summed E-state index contributed by atoms with van der Waals surface area (Å²) in [6.45, 7) is 5.77. The minimum Gasteiger partial charge on any atom is -0.492 e. The van der Waals surface area contributed by atoms with E-state index in [0.717, 1.165) is 0 Å². The Morgan fingerprint density at radius 3 is 2.11 bits per heavy atom. The van der Waals surface area contributed by atoms with Crippen molar-refractivity contribution < 1.29 is 23.7 Å². The lowest BCUT2D eigenvalue weighted by Gasteiger charge is -2.20. The van der Waals surface area contributed by atoms with E-state index in [-0.39, 0.29) is 13.1 Å². The molecule has 1 saturated heterocycles. The number of carbonyl (C=O) groups is 3. The fourth-order valence-electron chi connectivity index (χ4n) is 1.25. The van der Waals surface area contributed by atoms with Gasteiger partial charge in [0.1, 0.15) is 8.07 Å². The Kier molecular flexibility index (Phi) is 4.91. The van der Waals surface area contributed by atoms with Crippen molar-refractivity contribution >= 4 is 32.8 Å². The second-order valence-corrected chi connectivity index (χ2v) is 10.1. The summed E-state index contributed by atoms with van der Waals surface area (Å²) in [6, 6.07) is 0. The SMILES string of the molecule is CN1CC(=O)OB(C(=O)C#C[Si](C)(C)C)OC(=O)C1. The molecule has 0 radical (unpaired) electrons. The number of hydrogen-bond donors (Lipinski definition) is 0. The summed E-state index contributed by atoms with van der Waals surface area (Å²) in [7, 11) is -1.69. The van der Waals surface area contributed by atoms with Gasteiger partial charge in [0.2, 0.25) is 0 Å². The van der Waals surface area contributed by atoms with Gasteiger partial charge in [-0.05, 0) is 13.0 Å².